The van der Waals surface area contributed by atoms with Crippen LogP contribution in [-0.4, -0.2) is 18.1 Å². The molecule has 0 unspecified atom stereocenters. The molecule has 0 fully saturated rings. The van der Waals surface area contributed by atoms with E-state index in [-0.39, 0.29) is 17.9 Å². The first-order valence-electron chi connectivity index (χ1n) is 5.96. The number of nitrogens with zero attached hydrogens (tertiary/aromatic N) is 1. The van der Waals surface area contributed by atoms with Crippen LogP contribution in [0.25, 0.3) is 0 Å². The number of carbonyl (C=O) groups is 1. The van der Waals surface area contributed by atoms with Crippen LogP contribution in [0.2, 0.25) is 0 Å². The van der Waals surface area contributed by atoms with E-state index in [1.165, 1.54) is 18.2 Å². The normalized spacial score (nSPS) is 10.3. The molecule has 0 atom stereocenters. The van der Waals surface area contributed by atoms with Crippen LogP contribution in [0, 0.1) is 11.6 Å². The minimum atomic E-state index is -1.20. The Balaban J connectivity index is 2.26. The Bertz CT molecular complexity index is 644. The molecule has 0 aliphatic rings. The quantitative estimate of drug-likeness (QED) is 0.932. The minimum absolute atomic E-state index is 0.123. The van der Waals surface area contributed by atoms with Gasteiger partial charge in [0, 0.05) is 13.6 Å². The van der Waals surface area contributed by atoms with Gasteiger partial charge >= 0.3 is 5.97 Å². The number of aromatic carboxylic acids is 1. The van der Waals surface area contributed by atoms with Crippen LogP contribution >= 0.6 is 0 Å². The number of rotatable bonds is 4. The molecule has 104 valence electrons. The van der Waals surface area contributed by atoms with E-state index in [0.717, 1.165) is 6.07 Å². The SMILES string of the molecule is CN(Cc1cc(F)cc(C(=O)O)c1)c1ccccc1F. The maximum absolute atomic E-state index is 13.6. The van der Waals surface area contributed by atoms with E-state index in [1.807, 2.05) is 0 Å². The van der Waals surface area contributed by atoms with Crippen molar-refractivity contribution in [1.29, 1.82) is 0 Å². The van der Waals surface area contributed by atoms with Gasteiger partial charge in [0.15, 0.2) is 0 Å². The Morgan fingerprint density at radius 1 is 1.20 bits per heavy atom. The highest BCUT2D eigenvalue weighted by atomic mass is 19.1. The zero-order chi connectivity index (χ0) is 14.7. The summed E-state index contributed by atoms with van der Waals surface area (Å²) >= 11 is 0. The molecule has 0 saturated heterocycles. The molecule has 2 aromatic rings. The molecular formula is C15H13F2NO2. The molecule has 0 amide bonds. The monoisotopic (exact) mass is 277 g/mol. The zero-order valence-electron chi connectivity index (χ0n) is 10.8. The number of benzene rings is 2. The topological polar surface area (TPSA) is 40.5 Å². The molecule has 0 aliphatic heterocycles. The van der Waals surface area contributed by atoms with E-state index >= 15 is 0 Å². The van der Waals surface area contributed by atoms with Crippen LogP contribution in [0.4, 0.5) is 14.5 Å². The Kier molecular flexibility index (Phi) is 3.98. The first-order valence-corrected chi connectivity index (χ1v) is 5.96. The predicted molar refractivity (Wildman–Crippen MR) is 71.9 cm³/mol. The first kappa shape index (κ1) is 14.0. The van der Waals surface area contributed by atoms with Crippen molar-refractivity contribution in [2.45, 2.75) is 6.54 Å². The van der Waals surface area contributed by atoms with Crippen molar-refractivity contribution in [3.05, 3.63) is 65.2 Å². The third-order valence-corrected chi connectivity index (χ3v) is 2.89. The van der Waals surface area contributed by atoms with E-state index < -0.39 is 11.8 Å². The number of carboxylic acids is 1. The Hall–Kier alpha value is -2.43. The summed E-state index contributed by atoms with van der Waals surface area (Å²) in [6.07, 6.45) is 0. The molecule has 0 heterocycles. The van der Waals surface area contributed by atoms with Crippen molar-refractivity contribution in [3.8, 4) is 0 Å². The van der Waals surface area contributed by atoms with Crippen LogP contribution in [0.1, 0.15) is 15.9 Å². The lowest BCUT2D eigenvalue weighted by Gasteiger charge is -2.20. The maximum Gasteiger partial charge on any atom is 0.335 e. The highest BCUT2D eigenvalue weighted by Crippen LogP contribution is 2.20. The van der Waals surface area contributed by atoms with Crippen molar-refractivity contribution < 1.29 is 18.7 Å². The fourth-order valence-corrected chi connectivity index (χ4v) is 1.99. The molecule has 0 radical (unpaired) electrons. The molecule has 0 bridgehead atoms. The summed E-state index contributed by atoms with van der Waals surface area (Å²) < 4.78 is 27.0. The lowest BCUT2D eigenvalue weighted by atomic mass is 10.1. The van der Waals surface area contributed by atoms with Crippen molar-refractivity contribution in [2.75, 3.05) is 11.9 Å². The highest BCUT2D eigenvalue weighted by molar-refractivity contribution is 5.87. The molecule has 1 N–H and O–H groups in total. The van der Waals surface area contributed by atoms with Crippen molar-refractivity contribution in [1.82, 2.24) is 0 Å². The Morgan fingerprint density at radius 3 is 2.55 bits per heavy atom. The summed E-state index contributed by atoms with van der Waals surface area (Å²) in [7, 11) is 1.66. The molecule has 0 spiro atoms. The van der Waals surface area contributed by atoms with E-state index in [1.54, 1.807) is 30.1 Å². The Morgan fingerprint density at radius 2 is 1.90 bits per heavy atom. The molecule has 2 rings (SSSR count). The third-order valence-electron chi connectivity index (χ3n) is 2.89. The van der Waals surface area contributed by atoms with E-state index in [2.05, 4.69) is 0 Å². The van der Waals surface area contributed by atoms with Crippen LogP contribution in [0.5, 0.6) is 0 Å². The summed E-state index contributed by atoms with van der Waals surface area (Å²) in [5.41, 5.74) is 0.712. The van der Waals surface area contributed by atoms with E-state index in [9.17, 15) is 13.6 Å². The Labute approximate surface area is 115 Å². The van der Waals surface area contributed by atoms with Gasteiger partial charge in [0.2, 0.25) is 0 Å². The fourth-order valence-electron chi connectivity index (χ4n) is 1.99. The summed E-state index contributed by atoms with van der Waals surface area (Å²) in [5, 5.41) is 8.89. The number of carboxylic acid groups (broad SMARTS) is 1. The van der Waals surface area contributed by atoms with Crippen molar-refractivity contribution >= 4 is 11.7 Å². The summed E-state index contributed by atoms with van der Waals surface area (Å²) in [5.74, 6) is -2.20. The number of halogens is 2. The largest absolute Gasteiger partial charge is 0.478 e. The van der Waals surface area contributed by atoms with Gasteiger partial charge in [-0.1, -0.05) is 12.1 Å². The molecular weight excluding hydrogens is 264 g/mol. The molecule has 2 aromatic carbocycles. The standard InChI is InChI=1S/C15H13F2NO2/c1-18(14-5-3-2-4-13(14)17)9-10-6-11(15(19)20)8-12(16)7-10/h2-8H,9H2,1H3,(H,19,20). The second-order valence-corrected chi connectivity index (χ2v) is 4.46. The maximum atomic E-state index is 13.6. The van der Waals surface area contributed by atoms with Crippen molar-refractivity contribution in [2.24, 2.45) is 0 Å². The minimum Gasteiger partial charge on any atom is -0.478 e. The van der Waals surface area contributed by atoms with Gasteiger partial charge in [-0.05, 0) is 35.9 Å². The van der Waals surface area contributed by atoms with Gasteiger partial charge in [0.05, 0.1) is 11.3 Å². The molecule has 20 heavy (non-hydrogen) atoms. The number of para-hydroxylation sites is 1. The molecule has 3 nitrogen and oxygen atoms in total. The molecule has 0 saturated carbocycles. The number of anilines is 1. The average molecular weight is 277 g/mol. The van der Waals surface area contributed by atoms with E-state index in [0.29, 0.717) is 11.3 Å². The van der Waals surface area contributed by atoms with Crippen molar-refractivity contribution in [3.63, 3.8) is 0 Å². The van der Waals surface area contributed by atoms with Gasteiger partial charge in [-0.3, -0.25) is 0 Å². The van der Waals surface area contributed by atoms with Gasteiger partial charge in [-0.25, -0.2) is 13.6 Å². The fraction of sp³-hybridized carbons (Fsp3) is 0.133. The summed E-state index contributed by atoms with van der Waals surface area (Å²) in [4.78, 5) is 12.5. The van der Waals surface area contributed by atoms with E-state index in [4.69, 9.17) is 5.11 Å². The van der Waals surface area contributed by atoms with Crippen LogP contribution in [0.15, 0.2) is 42.5 Å². The summed E-state index contributed by atoms with van der Waals surface area (Å²) in [6, 6.07) is 9.79. The van der Waals surface area contributed by atoms with Gasteiger partial charge < -0.3 is 10.0 Å². The molecule has 5 heteroatoms. The number of hydrogen-bond acceptors (Lipinski definition) is 2. The zero-order valence-corrected chi connectivity index (χ0v) is 10.8. The lowest BCUT2D eigenvalue weighted by molar-refractivity contribution is 0.0696. The van der Waals surface area contributed by atoms with Gasteiger partial charge in [-0.2, -0.15) is 0 Å². The first-order chi connectivity index (χ1) is 9.47. The van der Waals surface area contributed by atoms with Gasteiger partial charge in [-0.15, -0.1) is 0 Å². The second-order valence-electron chi connectivity index (χ2n) is 4.46. The summed E-state index contributed by atoms with van der Waals surface area (Å²) in [6.45, 7) is 0.207. The molecule has 0 aliphatic carbocycles. The third kappa shape index (κ3) is 3.12. The van der Waals surface area contributed by atoms with Crippen LogP contribution < -0.4 is 4.90 Å². The van der Waals surface area contributed by atoms with Gasteiger partial charge in [0.25, 0.3) is 0 Å². The number of hydrogen-bond donors (Lipinski definition) is 1. The molecule has 0 aromatic heterocycles. The van der Waals surface area contributed by atoms with Crippen LogP contribution in [0.3, 0.4) is 0 Å². The highest BCUT2D eigenvalue weighted by Gasteiger charge is 2.11. The average Bonchev–Trinajstić information content (AvgIpc) is 2.38. The smallest absolute Gasteiger partial charge is 0.335 e. The predicted octanol–water partition coefficient (Wildman–Crippen LogP) is 3.30. The lowest BCUT2D eigenvalue weighted by Crippen LogP contribution is -2.18. The van der Waals surface area contributed by atoms with Gasteiger partial charge in [0.1, 0.15) is 11.6 Å². The second kappa shape index (κ2) is 5.69. The van der Waals surface area contributed by atoms with Crippen LogP contribution in [-0.2, 0) is 6.54 Å².